The van der Waals surface area contributed by atoms with Gasteiger partial charge in [0.05, 0.1) is 24.3 Å². The molecule has 1 atom stereocenters. The second-order valence-corrected chi connectivity index (χ2v) is 9.76. The van der Waals surface area contributed by atoms with Crippen molar-refractivity contribution in [2.24, 2.45) is 0 Å². The summed E-state index contributed by atoms with van der Waals surface area (Å²) in [6.45, 7) is 0.600. The Balaban J connectivity index is 1.56. The third kappa shape index (κ3) is 6.29. The third-order valence-electron chi connectivity index (χ3n) is 5.47. The average Bonchev–Trinajstić information content (AvgIpc) is 3.38. The molecule has 9 heteroatoms. The van der Waals surface area contributed by atoms with Crippen LogP contribution in [0.3, 0.4) is 0 Å². The van der Waals surface area contributed by atoms with Crippen LogP contribution in [-0.2, 0) is 17.7 Å². The van der Waals surface area contributed by atoms with E-state index in [1.807, 2.05) is 42.5 Å². The normalized spacial score (nSPS) is 11.6. The Morgan fingerprint density at radius 3 is 2.39 bits per heavy atom. The van der Waals surface area contributed by atoms with Crippen molar-refractivity contribution in [3.8, 4) is 11.5 Å². The number of hydrogen-bond donors (Lipinski definition) is 1. The third-order valence-corrected chi connectivity index (χ3v) is 7.19. The summed E-state index contributed by atoms with van der Waals surface area (Å²) in [7, 11) is 3.11. The van der Waals surface area contributed by atoms with Gasteiger partial charge in [0.1, 0.15) is 11.0 Å². The van der Waals surface area contributed by atoms with Gasteiger partial charge in [0, 0.05) is 35.9 Å². The summed E-state index contributed by atoms with van der Waals surface area (Å²) >= 11 is 14.1. The number of esters is 1. The van der Waals surface area contributed by atoms with Crippen LogP contribution >= 0.6 is 34.5 Å². The molecule has 0 unspecified atom stereocenters. The Bertz CT molecular complexity index is 1310. The lowest BCUT2D eigenvalue weighted by molar-refractivity contribution is 0.0303. The monoisotopic (exact) mass is 542 g/mol. The number of hydrogen-bond acceptors (Lipinski definition) is 7. The minimum atomic E-state index is -0.678. The fraction of sp³-hybridized carbons (Fsp3) is 0.185. The van der Waals surface area contributed by atoms with Crippen molar-refractivity contribution in [3.63, 3.8) is 0 Å². The van der Waals surface area contributed by atoms with E-state index in [-0.39, 0.29) is 6.42 Å². The number of carbonyl (C=O) groups excluding carboxylic acids is 1. The molecule has 4 aromatic rings. The maximum Gasteiger partial charge on any atom is 0.348 e. The fourth-order valence-electron chi connectivity index (χ4n) is 3.61. The summed E-state index contributed by atoms with van der Waals surface area (Å²) in [6, 6.07) is 18.9. The Morgan fingerprint density at radius 1 is 0.972 bits per heavy atom. The molecular weight excluding hydrogens is 519 g/mol. The van der Waals surface area contributed by atoms with Crippen LogP contribution in [0.2, 0.25) is 10.0 Å². The van der Waals surface area contributed by atoms with Crippen molar-refractivity contribution >= 4 is 46.2 Å². The molecule has 186 valence electrons. The van der Waals surface area contributed by atoms with Gasteiger partial charge in [-0.3, -0.25) is 4.98 Å². The molecule has 6 nitrogen and oxygen atoms in total. The number of nitrogens with zero attached hydrogens (tertiary/aromatic N) is 1. The second-order valence-electron chi connectivity index (χ2n) is 7.78. The van der Waals surface area contributed by atoms with Gasteiger partial charge in [-0.2, -0.15) is 0 Å². The molecule has 2 aromatic heterocycles. The van der Waals surface area contributed by atoms with E-state index in [2.05, 4.69) is 10.3 Å². The van der Waals surface area contributed by atoms with Crippen LogP contribution in [0.4, 0.5) is 5.69 Å². The number of benzene rings is 2. The van der Waals surface area contributed by atoms with Crippen LogP contribution in [0.15, 0.2) is 73.1 Å². The number of thiophene rings is 1. The molecule has 0 aliphatic rings. The Morgan fingerprint density at radius 2 is 1.69 bits per heavy atom. The van der Waals surface area contributed by atoms with Crippen LogP contribution in [0, 0.1) is 0 Å². The van der Waals surface area contributed by atoms with E-state index in [0.717, 1.165) is 10.6 Å². The number of aromatic nitrogens is 1. The van der Waals surface area contributed by atoms with Crippen molar-refractivity contribution in [2.45, 2.75) is 19.1 Å². The Kier molecular flexibility index (Phi) is 8.70. The molecule has 0 fully saturated rings. The summed E-state index contributed by atoms with van der Waals surface area (Å²) in [5, 5.41) is 4.14. The summed E-state index contributed by atoms with van der Waals surface area (Å²) in [4.78, 5) is 18.7. The van der Waals surface area contributed by atoms with E-state index in [9.17, 15) is 4.79 Å². The molecule has 0 amide bonds. The smallest absolute Gasteiger partial charge is 0.348 e. The van der Waals surface area contributed by atoms with Crippen molar-refractivity contribution in [1.82, 2.24) is 4.98 Å². The largest absolute Gasteiger partial charge is 0.493 e. The highest BCUT2D eigenvalue weighted by Gasteiger charge is 2.24. The standard InChI is InChI=1S/C27H24Cl2N2O4S/c1-33-23-10-8-17(12-25(23)34-2)24(13-20-21(28)15-30-16-22(20)29)35-27(32)26-11-9-19(36-26)14-31-18-6-4-3-5-7-18/h3-12,15-16,24,31H,13-14H2,1-2H3/t24-/m0/s1. The lowest BCUT2D eigenvalue weighted by Gasteiger charge is -2.20. The average molecular weight is 543 g/mol. The Labute approximate surface area is 223 Å². The van der Waals surface area contributed by atoms with Gasteiger partial charge in [0.2, 0.25) is 0 Å². The van der Waals surface area contributed by atoms with Crippen molar-refractivity contribution in [3.05, 3.63) is 104 Å². The van der Waals surface area contributed by atoms with Crippen molar-refractivity contribution in [1.29, 1.82) is 0 Å². The number of para-hydroxylation sites is 1. The van der Waals surface area contributed by atoms with Crippen LogP contribution < -0.4 is 14.8 Å². The van der Waals surface area contributed by atoms with Gasteiger partial charge in [-0.1, -0.05) is 47.5 Å². The summed E-state index contributed by atoms with van der Waals surface area (Å²) in [5.74, 6) is 0.653. The molecular formula is C27H24Cl2N2O4S. The van der Waals surface area contributed by atoms with E-state index in [1.165, 1.54) is 23.7 Å². The number of methoxy groups -OCH3 is 2. The summed E-state index contributed by atoms with van der Waals surface area (Å²) in [6.07, 6.45) is 2.61. The molecule has 1 N–H and O–H groups in total. The first-order valence-electron chi connectivity index (χ1n) is 11.1. The first-order valence-corrected chi connectivity index (χ1v) is 12.6. The zero-order valence-electron chi connectivity index (χ0n) is 19.7. The van der Waals surface area contributed by atoms with Crippen LogP contribution in [0.1, 0.15) is 31.8 Å². The van der Waals surface area contributed by atoms with E-state index in [4.69, 9.17) is 37.4 Å². The number of nitrogens with one attached hydrogen (secondary N) is 1. The molecule has 0 saturated heterocycles. The van der Waals surface area contributed by atoms with E-state index in [0.29, 0.717) is 44.1 Å². The van der Waals surface area contributed by atoms with Crippen molar-refractivity contribution < 1.29 is 19.0 Å². The molecule has 0 radical (unpaired) electrons. The lowest BCUT2D eigenvalue weighted by Crippen LogP contribution is -2.14. The molecule has 0 bridgehead atoms. The fourth-order valence-corrected chi connectivity index (χ4v) is 4.96. The van der Waals surface area contributed by atoms with Gasteiger partial charge in [0.15, 0.2) is 11.5 Å². The SMILES string of the molecule is COc1ccc([C@H](Cc2c(Cl)cncc2Cl)OC(=O)c2ccc(CNc3ccccc3)s2)cc1OC. The molecule has 2 aromatic carbocycles. The minimum absolute atomic E-state index is 0.259. The highest BCUT2D eigenvalue weighted by molar-refractivity contribution is 7.13. The van der Waals surface area contributed by atoms with Crippen LogP contribution in [-0.4, -0.2) is 25.2 Å². The van der Waals surface area contributed by atoms with E-state index >= 15 is 0 Å². The number of anilines is 1. The quantitative estimate of drug-likeness (QED) is 0.213. The summed E-state index contributed by atoms with van der Waals surface area (Å²) in [5.41, 5.74) is 2.36. The molecule has 0 spiro atoms. The zero-order valence-corrected chi connectivity index (χ0v) is 22.0. The van der Waals surface area contributed by atoms with Gasteiger partial charge in [-0.25, -0.2) is 4.79 Å². The first kappa shape index (κ1) is 25.8. The van der Waals surface area contributed by atoms with Gasteiger partial charge in [0.25, 0.3) is 0 Å². The van der Waals surface area contributed by atoms with Gasteiger partial charge in [-0.15, -0.1) is 11.3 Å². The van der Waals surface area contributed by atoms with Crippen LogP contribution in [0.25, 0.3) is 0 Å². The zero-order chi connectivity index (χ0) is 25.5. The number of carbonyl (C=O) groups is 1. The van der Waals surface area contributed by atoms with Crippen LogP contribution in [0.5, 0.6) is 11.5 Å². The number of halogens is 2. The summed E-state index contributed by atoms with van der Waals surface area (Å²) < 4.78 is 16.8. The Hall–Kier alpha value is -3.26. The van der Waals surface area contributed by atoms with Gasteiger partial charge >= 0.3 is 5.97 Å². The lowest BCUT2D eigenvalue weighted by atomic mass is 10.0. The molecule has 4 rings (SSSR count). The predicted molar refractivity (Wildman–Crippen MR) is 144 cm³/mol. The molecule has 2 heterocycles. The number of rotatable bonds is 10. The molecule has 36 heavy (non-hydrogen) atoms. The highest BCUT2D eigenvalue weighted by atomic mass is 35.5. The topological polar surface area (TPSA) is 69.7 Å². The van der Waals surface area contributed by atoms with Gasteiger partial charge < -0.3 is 19.5 Å². The van der Waals surface area contributed by atoms with E-state index < -0.39 is 12.1 Å². The maximum atomic E-state index is 13.2. The number of ether oxygens (including phenoxy) is 3. The molecule has 0 saturated carbocycles. The molecule has 0 aliphatic carbocycles. The van der Waals surface area contributed by atoms with E-state index in [1.54, 1.807) is 32.4 Å². The predicted octanol–water partition coefficient (Wildman–Crippen LogP) is 7.22. The second kappa shape index (κ2) is 12.1. The maximum absolute atomic E-state index is 13.2. The van der Waals surface area contributed by atoms with Gasteiger partial charge in [-0.05, 0) is 47.5 Å². The highest BCUT2D eigenvalue weighted by Crippen LogP contribution is 2.36. The number of pyridine rings is 1. The molecule has 0 aliphatic heterocycles. The van der Waals surface area contributed by atoms with Crippen molar-refractivity contribution in [2.75, 3.05) is 19.5 Å². The minimum Gasteiger partial charge on any atom is -0.493 e. The first-order chi connectivity index (χ1) is 17.5.